The summed E-state index contributed by atoms with van der Waals surface area (Å²) in [5.74, 6) is 2.43. The third-order valence-electron chi connectivity index (χ3n) is 5.12. The highest BCUT2D eigenvalue weighted by Crippen LogP contribution is 2.23. The molecule has 0 fully saturated rings. The van der Waals surface area contributed by atoms with Crippen molar-refractivity contribution in [1.29, 1.82) is 0 Å². The van der Waals surface area contributed by atoms with Gasteiger partial charge in [0.1, 0.15) is 18.1 Å². The number of carbonyl (C=O) groups is 1. The van der Waals surface area contributed by atoms with Crippen LogP contribution in [0.15, 0.2) is 52.2 Å². The Morgan fingerprint density at radius 3 is 2.84 bits per heavy atom. The summed E-state index contributed by atoms with van der Waals surface area (Å²) in [4.78, 5) is 17.2. The zero-order valence-electron chi connectivity index (χ0n) is 18.0. The number of carbonyl (C=O) groups excluding carboxylic acids is 1. The van der Waals surface area contributed by atoms with E-state index in [0.29, 0.717) is 33.9 Å². The van der Waals surface area contributed by atoms with E-state index >= 15 is 0 Å². The number of aromatic amines is 1. The van der Waals surface area contributed by atoms with Crippen molar-refractivity contribution in [1.82, 2.24) is 19.7 Å². The number of halogens is 1. The maximum absolute atomic E-state index is 12.8. The number of hydrogen-bond donors (Lipinski definition) is 1. The monoisotopic (exact) mass is 470 g/mol. The molecule has 0 saturated heterocycles. The second-order valence-electron chi connectivity index (χ2n) is 7.43. The number of rotatable bonds is 9. The Hall–Kier alpha value is -2.97. The maximum atomic E-state index is 12.8. The van der Waals surface area contributed by atoms with Crippen LogP contribution >= 0.6 is 23.4 Å². The molecule has 0 amide bonds. The topological polar surface area (TPSA) is 85.9 Å². The first kappa shape index (κ1) is 22.2. The molecule has 4 aromatic rings. The van der Waals surface area contributed by atoms with E-state index in [1.54, 1.807) is 12.3 Å². The van der Waals surface area contributed by atoms with Gasteiger partial charge in [-0.25, -0.2) is 4.98 Å². The van der Waals surface area contributed by atoms with Crippen molar-refractivity contribution in [3.05, 3.63) is 81.8 Å². The van der Waals surface area contributed by atoms with Gasteiger partial charge < -0.3 is 13.7 Å². The lowest BCUT2D eigenvalue weighted by molar-refractivity contribution is 0.102. The number of benzene rings is 1. The van der Waals surface area contributed by atoms with Crippen molar-refractivity contribution < 1.29 is 13.9 Å². The minimum atomic E-state index is 0.0352. The summed E-state index contributed by atoms with van der Waals surface area (Å²) in [6.45, 7) is 6.71. The van der Waals surface area contributed by atoms with Crippen molar-refractivity contribution >= 4 is 29.1 Å². The molecule has 1 aromatic carbocycles. The number of aryl methyl sites for hydroxylation is 2. The van der Waals surface area contributed by atoms with Crippen LogP contribution in [0.2, 0.25) is 5.02 Å². The highest BCUT2D eigenvalue weighted by atomic mass is 35.5. The smallest absolute Gasteiger partial charge is 0.208 e. The van der Waals surface area contributed by atoms with Crippen molar-refractivity contribution in [2.75, 3.05) is 5.75 Å². The van der Waals surface area contributed by atoms with E-state index in [-0.39, 0.29) is 18.1 Å². The predicted octanol–water partition coefficient (Wildman–Crippen LogP) is 5.38. The van der Waals surface area contributed by atoms with E-state index in [1.165, 1.54) is 11.8 Å². The Labute approximate surface area is 195 Å². The number of H-pyrrole nitrogens is 1. The summed E-state index contributed by atoms with van der Waals surface area (Å²) >= 11 is 7.33. The number of furan rings is 1. The van der Waals surface area contributed by atoms with Gasteiger partial charge in [-0.1, -0.05) is 23.4 Å². The van der Waals surface area contributed by atoms with Crippen molar-refractivity contribution in [3.63, 3.8) is 0 Å². The van der Waals surface area contributed by atoms with E-state index in [1.807, 2.05) is 51.1 Å². The number of hydrogen-bond acceptors (Lipinski definition) is 6. The van der Waals surface area contributed by atoms with Gasteiger partial charge in [0, 0.05) is 22.0 Å². The quantitative estimate of drug-likeness (QED) is 0.261. The Bertz CT molecular complexity index is 1230. The first-order valence-corrected chi connectivity index (χ1v) is 11.4. The number of nitrogens with one attached hydrogen (secondary N) is 1. The Balaban J connectivity index is 1.33. The molecule has 3 heterocycles. The van der Waals surface area contributed by atoms with Crippen molar-refractivity contribution in [3.8, 4) is 5.75 Å². The molecule has 0 atom stereocenters. The SMILES string of the molecule is Cc1cc(OCc2nc(SCC(=O)c3cc(C)n(Cc4ccco4)c3C)n[nH]2)ccc1Cl. The van der Waals surface area contributed by atoms with Crippen LogP contribution in [0.5, 0.6) is 5.75 Å². The zero-order valence-corrected chi connectivity index (χ0v) is 19.6. The van der Waals surface area contributed by atoms with E-state index in [9.17, 15) is 4.79 Å². The molecule has 4 rings (SSSR count). The molecule has 0 aliphatic heterocycles. The number of ketones is 1. The third-order valence-corrected chi connectivity index (χ3v) is 6.39. The van der Waals surface area contributed by atoms with Gasteiger partial charge >= 0.3 is 0 Å². The first-order valence-electron chi connectivity index (χ1n) is 10.1. The summed E-state index contributed by atoms with van der Waals surface area (Å²) in [7, 11) is 0. The van der Waals surface area contributed by atoms with Crippen LogP contribution in [-0.2, 0) is 13.2 Å². The third kappa shape index (κ3) is 5.08. The summed E-state index contributed by atoms with van der Waals surface area (Å²) in [6.07, 6.45) is 1.65. The fraction of sp³-hybridized carbons (Fsp3) is 0.261. The van der Waals surface area contributed by atoms with Crippen LogP contribution < -0.4 is 4.74 Å². The molecule has 0 bridgehead atoms. The van der Waals surface area contributed by atoms with Gasteiger partial charge in [-0.3, -0.25) is 9.89 Å². The lowest BCUT2D eigenvalue weighted by Crippen LogP contribution is -2.07. The second kappa shape index (κ2) is 9.67. The van der Waals surface area contributed by atoms with Crippen LogP contribution in [0.1, 0.15) is 38.9 Å². The van der Waals surface area contributed by atoms with Gasteiger partial charge in [0.25, 0.3) is 0 Å². The molecule has 32 heavy (non-hydrogen) atoms. The zero-order chi connectivity index (χ0) is 22.7. The molecule has 1 N–H and O–H groups in total. The molecule has 0 aliphatic rings. The molecular formula is C23H23ClN4O3S. The Morgan fingerprint density at radius 2 is 2.09 bits per heavy atom. The molecule has 0 saturated carbocycles. The lowest BCUT2D eigenvalue weighted by atomic mass is 10.2. The summed E-state index contributed by atoms with van der Waals surface area (Å²) < 4.78 is 13.3. The molecular weight excluding hydrogens is 448 g/mol. The molecule has 0 radical (unpaired) electrons. The maximum Gasteiger partial charge on any atom is 0.208 e. The predicted molar refractivity (Wildman–Crippen MR) is 124 cm³/mol. The van der Waals surface area contributed by atoms with Crippen molar-refractivity contribution in [2.45, 2.75) is 39.1 Å². The molecule has 0 unspecified atom stereocenters. The Kier molecular flexibility index (Phi) is 6.72. The van der Waals surface area contributed by atoms with E-state index in [4.69, 9.17) is 20.8 Å². The van der Waals surface area contributed by atoms with Gasteiger partial charge in [-0.15, -0.1) is 5.10 Å². The fourth-order valence-electron chi connectivity index (χ4n) is 3.36. The van der Waals surface area contributed by atoms with E-state index in [0.717, 1.165) is 22.7 Å². The largest absolute Gasteiger partial charge is 0.486 e. The highest BCUT2D eigenvalue weighted by molar-refractivity contribution is 7.99. The summed E-state index contributed by atoms with van der Waals surface area (Å²) in [5.41, 5.74) is 3.59. The lowest BCUT2D eigenvalue weighted by Gasteiger charge is -2.07. The highest BCUT2D eigenvalue weighted by Gasteiger charge is 2.17. The number of nitrogens with zero attached hydrogens (tertiary/aromatic N) is 3. The fourth-order valence-corrected chi connectivity index (χ4v) is 4.18. The van der Waals surface area contributed by atoms with Crippen LogP contribution in [0.3, 0.4) is 0 Å². The molecule has 3 aromatic heterocycles. The minimum Gasteiger partial charge on any atom is -0.486 e. The average molecular weight is 471 g/mol. The Morgan fingerprint density at radius 1 is 1.25 bits per heavy atom. The van der Waals surface area contributed by atoms with Crippen LogP contribution in [-0.4, -0.2) is 31.3 Å². The first-order chi connectivity index (χ1) is 15.4. The number of Topliss-reactive ketones (excluding diaryl/α,β-unsaturated/α-hetero) is 1. The van der Waals surface area contributed by atoms with Crippen molar-refractivity contribution in [2.24, 2.45) is 0 Å². The van der Waals surface area contributed by atoms with Crippen LogP contribution in [0.25, 0.3) is 0 Å². The normalized spacial score (nSPS) is 11.1. The summed E-state index contributed by atoms with van der Waals surface area (Å²) in [5, 5.41) is 8.24. The number of ether oxygens (including phenoxy) is 1. The number of aromatic nitrogens is 4. The molecule has 0 spiro atoms. The van der Waals surface area contributed by atoms with Gasteiger partial charge in [0.05, 0.1) is 18.6 Å². The van der Waals surface area contributed by atoms with E-state index in [2.05, 4.69) is 19.7 Å². The van der Waals surface area contributed by atoms with Crippen LogP contribution in [0, 0.1) is 20.8 Å². The molecule has 166 valence electrons. The van der Waals surface area contributed by atoms with Crippen LogP contribution in [0.4, 0.5) is 0 Å². The molecule has 7 nitrogen and oxygen atoms in total. The van der Waals surface area contributed by atoms with Gasteiger partial charge in [-0.05, 0) is 62.7 Å². The minimum absolute atomic E-state index is 0.0352. The standard InChI is InChI=1S/C23H23ClN4O3S/c1-14-9-17(6-7-20(14)24)31-12-22-25-23(27-26-22)32-13-21(29)19-10-15(2)28(16(19)3)11-18-5-4-8-30-18/h4-10H,11-13H2,1-3H3,(H,25,26,27). The average Bonchev–Trinajstić information content (AvgIpc) is 3.51. The van der Waals surface area contributed by atoms with Gasteiger partial charge in [0.2, 0.25) is 5.16 Å². The van der Waals surface area contributed by atoms with E-state index < -0.39 is 0 Å². The van der Waals surface area contributed by atoms with Gasteiger partial charge in [0.15, 0.2) is 11.6 Å². The molecule has 0 aliphatic carbocycles. The molecule has 9 heteroatoms. The number of thioether (sulfide) groups is 1. The summed E-state index contributed by atoms with van der Waals surface area (Å²) in [6, 6.07) is 11.2. The van der Waals surface area contributed by atoms with Gasteiger partial charge in [-0.2, -0.15) is 0 Å². The second-order valence-corrected chi connectivity index (χ2v) is 8.78.